The normalized spacial score (nSPS) is 23.9. The molecule has 1 aliphatic heterocycles. The van der Waals surface area contributed by atoms with E-state index >= 15 is 0 Å². The van der Waals surface area contributed by atoms with Crippen molar-refractivity contribution in [3.63, 3.8) is 0 Å². The lowest BCUT2D eigenvalue weighted by Gasteiger charge is -2.26. The van der Waals surface area contributed by atoms with Gasteiger partial charge in [0, 0.05) is 31.0 Å². The number of aliphatic hydroxyl groups is 1. The van der Waals surface area contributed by atoms with Gasteiger partial charge in [0.25, 0.3) is 15.9 Å². The first kappa shape index (κ1) is 25.3. The third-order valence-corrected chi connectivity index (χ3v) is 8.90. The van der Waals surface area contributed by atoms with Crippen molar-refractivity contribution >= 4 is 33.3 Å². The highest BCUT2D eigenvalue weighted by Gasteiger charge is 2.54. The van der Waals surface area contributed by atoms with Gasteiger partial charge in [-0.1, -0.05) is 43.0 Å². The quantitative estimate of drug-likeness (QED) is 0.550. The van der Waals surface area contributed by atoms with Crippen LogP contribution in [0.15, 0.2) is 41.4 Å². The molecule has 8 nitrogen and oxygen atoms in total. The molecule has 0 spiro atoms. The van der Waals surface area contributed by atoms with Gasteiger partial charge in [0.2, 0.25) is 0 Å². The van der Waals surface area contributed by atoms with Crippen molar-refractivity contribution in [2.24, 2.45) is 0 Å². The number of aromatic nitrogens is 1. The second kappa shape index (κ2) is 9.50. The summed E-state index contributed by atoms with van der Waals surface area (Å²) in [5, 5.41) is 10.5. The highest BCUT2D eigenvalue weighted by molar-refractivity contribution is 7.90. The lowest BCUT2D eigenvalue weighted by molar-refractivity contribution is -0.128. The highest BCUT2D eigenvalue weighted by Crippen LogP contribution is 2.45. The molecular weight excluding hydrogens is 502 g/mol. The van der Waals surface area contributed by atoms with Gasteiger partial charge in [-0.25, -0.2) is 9.71 Å². The van der Waals surface area contributed by atoms with Crippen LogP contribution in [-0.4, -0.2) is 48.7 Å². The highest BCUT2D eigenvalue weighted by atomic mass is 35.5. The second-order valence-corrected chi connectivity index (χ2v) is 12.6. The van der Waals surface area contributed by atoms with Crippen molar-refractivity contribution < 1.29 is 23.1 Å². The number of halogens is 1. The third kappa shape index (κ3) is 5.33. The molecule has 5 rings (SSSR count). The number of anilines is 1. The number of pyridine rings is 1. The first-order valence-corrected chi connectivity index (χ1v) is 14.4. The third-order valence-electron chi connectivity index (χ3n) is 7.43. The van der Waals surface area contributed by atoms with Gasteiger partial charge >= 0.3 is 0 Å². The van der Waals surface area contributed by atoms with Crippen LogP contribution < -0.4 is 14.4 Å². The van der Waals surface area contributed by atoms with E-state index in [1.165, 1.54) is 12.5 Å². The van der Waals surface area contributed by atoms with E-state index in [1.807, 2.05) is 17.0 Å². The predicted molar refractivity (Wildman–Crippen MR) is 137 cm³/mol. The van der Waals surface area contributed by atoms with Crippen LogP contribution in [0.2, 0.25) is 5.02 Å². The molecule has 36 heavy (non-hydrogen) atoms. The van der Waals surface area contributed by atoms with Crippen molar-refractivity contribution in [1.29, 1.82) is 0 Å². The Morgan fingerprint density at radius 1 is 1.17 bits per heavy atom. The second-order valence-electron chi connectivity index (χ2n) is 10.6. The fourth-order valence-electron chi connectivity index (χ4n) is 5.18. The first-order chi connectivity index (χ1) is 17.1. The van der Waals surface area contributed by atoms with Crippen molar-refractivity contribution in [2.45, 2.75) is 80.4 Å². The van der Waals surface area contributed by atoms with Crippen LogP contribution in [0.4, 0.5) is 5.82 Å². The summed E-state index contributed by atoms with van der Waals surface area (Å²) in [6.07, 6.45) is 7.03. The number of carbonyl (C=O) groups is 1. The maximum Gasteiger partial charge on any atom is 0.281 e. The molecule has 3 fully saturated rings. The molecule has 0 radical (unpaired) electrons. The standard InChI is InChI=1S/C26H32ClN3O5S/c1-25(32)14-15-30(17-25)22-8-5-9-23(28-22)36(33,34)29-24(31)26(12-13-26)35-21-16-19(27)10-11-20(21)18-6-3-2-4-7-18/h5,8-11,16,18,32H,2-4,6-7,12-15,17H2,1H3,(H,29,31)/t25-/m0/s1. The lowest BCUT2D eigenvalue weighted by Crippen LogP contribution is -2.43. The number of nitrogens with one attached hydrogen (secondary N) is 1. The van der Waals surface area contributed by atoms with E-state index in [4.69, 9.17) is 16.3 Å². The van der Waals surface area contributed by atoms with E-state index in [9.17, 15) is 18.3 Å². The van der Waals surface area contributed by atoms with Crippen molar-refractivity contribution in [3.05, 3.63) is 47.0 Å². The first-order valence-electron chi connectivity index (χ1n) is 12.6. The van der Waals surface area contributed by atoms with Crippen molar-refractivity contribution in [2.75, 3.05) is 18.0 Å². The van der Waals surface area contributed by atoms with Crippen LogP contribution in [0.5, 0.6) is 5.75 Å². The number of rotatable bonds is 7. The Kier molecular flexibility index (Phi) is 6.68. The summed E-state index contributed by atoms with van der Waals surface area (Å²) < 4.78 is 34.6. The average Bonchev–Trinajstić information content (AvgIpc) is 3.54. The van der Waals surface area contributed by atoms with E-state index in [0.717, 1.165) is 31.2 Å². The Labute approximate surface area is 217 Å². The monoisotopic (exact) mass is 533 g/mol. The van der Waals surface area contributed by atoms with Crippen LogP contribution in [-0.2, 0) is 14.8 Å². The molecule has 1 aromatic heterocycles. The molecule has 2 saturated carbocycles. The Balaban J connectivity index is 1.33. The van der Waals surface area contributed by atoms with Gasteiger partial charge in [-0.2, -0.15) is 8.42 Å². The lowest BCUT2D eigenvalue weighted by atomic mass is 9.83. The molecule has 2 aromatic rings. The summed E-state index contributed by atoms with van der Waals surface area (Å²) in [7, 11) is -4.22. The van der Waals surface area contributed by atoms with E-state index in [-0.39, 0.29) is 5.03 Å². The minimum Gasteiger partial charge on any atom is -0.477 e. The van der Waals surface area contributed by atoms with Gasteiger partial charge in [-0.05, 0) is 61.9 Å². The molecule has 1 amide bonds. The molecule has 2 aliphatic carbocycles. The van der Waals surface area contributed by atoms with Crippen LogP contribution in [0.25, 0.3) is 0 Å². The Morgan fingerprint density at radius 3 is 2.58 bits per heavy atom. The molecule has 0 bridgehead atoms. The molecule has 0 unspecified atom stereocenters. The SMILES string of the molecule is C[C@]1(O)CCN(c2cccc(S(=O)(=O)NC(=O)C3(Oc4cc(Cl)ccc4C4CCCCC4)CC3)n2)C1. The fourth-order valence-corrected chi connectivity index (χ4v) is 6.35. The van der Waals surface area contributed by atoms with E-state index in [0.29, 0.717) is 54.9 Å². The van der Waals surface area contributed by atoms with Crippen LogP contribution >= 0.6 is 11.6 Å². The summed E-state index contributed by atoms with van der Waals surface area (Å²) >= 11 is 6.25. The molecule has 1 saturated heterocycles. The van der Waals surface area contributed by atoms with E-state index in [2.05, 4.69) is 9.71 Å². The van der Waals surface area contributed by atoms with Gasteiger partial charge < -0.3 is 14.7 Å². The summed E-state index contributed by atoms with van der Waals surface area (Å²) in [6.45, 7) is 2.66. The molecular formula is C26H32ClN3O5S. The minimum absolute atomic E-state index is 0.249. The number of nitrogens with zero attached hydrogens (tertiary/aromatic N) is 2. The average molecular weight is 534 g/mol. The Bertz CT molecular complexity index is 1260. The number of β-amino-alcohol motifs (C(OH)–C–C–N with tert-alkyl or cyclic N) is 1. The number of carbonyl (C=O) groups excluding carboxylic acids is 1. The van der Waals surface area contributed by atoms with Gasteiger partial charge in [0.15, 0.2) is 10.6 Å². The van der Waals surface area contributed by atoms with Crippen LogP contribution in [0, 0.1) is 0 Å². The summed E-state index contributed by atoms with van der Waals surface area (Å²) in [5.41, 5.74) is -1.07. The molecule has 194 valence electrons. The van der Waals surface area contributed by atoms with Crippen LogP contribution in [0.1, 0.15) is 69.8 Å². The molecule has 1 atom stereocenters. The van der Waals surface area contributed by atoms with Crippen LogP contribution in [0.3, 0.4) is 0 Å². The summed E-state index contributed by atoms with van der Waals surface area (Å²) in [6, 6.07) is 10.2. The zero-order valence-electron chi connectivity index (χ0n) is 20.4. The van der Waals surface area contributed by atoms with E-state index in [1.54, 1.807) is 25.1 Å². The maximum absolute atomic E-state index is 13.2. The number of ether oxygens (including phenoxy) is 1. The number of sulfonamides is 1. The van der Waals surface area contributed by atoms with Gasteiger partial charge in [0.05, 0.1) is 5.60 Å². The summed E-state index contributed by atoms with van der Waals surface area (Å²) in [4.78, 5) is 19.3. The number of hydrogen-bond donors (Lipinski definition) is 2. The number of hydrogen-bond acceptors (Lipinski definition) is 7. The van der Waals surface area contributed by atoms with E-state index < -0.39 is 27.1 Å². The maximum atomic E-state index is 13.2. The number of benzene rings is 1. The molecule has 2 heterocycles. The largest absolute Gasteiger partial charge is 0.477 e. The zero-order chi connectivity index (χ0) is 25.6. The van der Waals surface area contributed by atoms with Gasteiger partial charge in [-0.3, -0.25) is 4.79 Å². The molecule has 1 aromatic carbocycles. The molecule has 2 N–H and O–H groups in total. The summed E-state index contributed by atoms with van der Waals surface area (Å²) in [5.74, 6) is 0.637. The van der Waals surface area contributed by atoms with Crippen molar-refractivity contribution in [1.82, 2.24) is 9.71 Å². The predicted octanol–water partition coefficient (Wildman–Crippen LogP) is 4.16. The van der Waals surface area contributed by atoms with Gasteiger partial charge in [0.1, 0.15) is 11.6 Å². The Morgan fingerprint density at radius 2 is 1.92 bits per heavy atom. The smallest absolute Gasteiger partial charge is 0.281 e. The fraction of sp³-hybridized carbons (Fsp3) is 0.538. The van der Waals surface area contributed by atoms with Gasteiger partial charge in [-0.15, -0.1) is 0 Å². The van der Waals surface area contributed by atoms with Crippen molar-refractivity contribution in [3.8, 4) is 5.75 Å². The number of amides is 1. The molecule has 10 heteroatoms. The minimum atomic E-state index is -4.22. The molecule has 3 aliphatic rings. The zero-order valence-corrected chi connectivity index (χ0v) is 21.9. The Hall–Kier alpha value is -2.36. The topological polar surface area (TPSA) is 109 Å².